The first-order valence-electron chi connectivity index (χ1n) is 11.0. The van der Waals surface area contributed by atoms with Gasteiger partial charge in [0.15, 0.2) is 0 Å². The van der Waals surface area contributed by atoms with Crippen molar-refractivity contribution < 1.29 is 18.0 Å². The van der Waals surface area contributed by atoms with Gasteiger partial charge in [-0.1, -0.05) is 18.2 Å². The van der Waals surface area contributed by atoms with E-state index in [1.807, 2.05) is 24.3 Å². The minimum Gasteiger partial charge on any atom is -0.342 e. The molecule has 0 unspecified atom stereocenters. The van der Waals surface area contributed by atoms with E-state index >= 15 is 0 Å². The summed E-state index contributed by atoms with van der Waals surface area (Å²) in [7, 11) is 0. The van der Waals surface area contributed by atoms with Crippen molar-refractivity contribution in [1.29, 1.82) is 5.26 Å². The van der Waals surface area contributed by atoms with Crippen molar-refractivity contribution in [1.82, 2.24) is 25.1 Å². The Kier molecular flexibility index (Phi) is 6.91. The molecule has 176 valence electrons. The van der Waals surface area contributed by atoms with E-state index < -0.39 is 17.7 Å². The summed E-state index contributed by atoms with van der Waals surface area (Å²) >= 11 is 0. The Labute approximate surface area is 194 Å². The summed E-state index contributed by atoms with van der Waals surface area (Å²) in [5.41, 5.74) is 0.948. The van der Waals surface area contributed by atoms with Gasteiger partial charge in [-0.05, 0) is 71.5 Å². The number of amides is 1. The fraction of sp³-hybridized carbons (Fsp3) is 0.375. The largest absolute Gasteiger partial charge is 0.342 e. The molecule has 4 rings (SSSR count). The maximum absolute atomic E-state index is 14.1. The average Bonchev–Trinajstić information content (AvgIpc) is 3.39. The maximum atomic E-state index is 14.1. The zero-order valence-corrected chi connectivity index (χ0v) is 18.4. The van der Waals surface area contributed by atoms with E-state index in [1.54, 1.807) is 11.0 Å². The van der Waals surface area contributed by atoms with Gasteiger partial charge in [0.05, 0.1) is 17.7 Å². The van der Waals surface area contributed by atoms with E-state index in [0.717, 1.165) is 11.3 Å². The summed E-state index contributed by atoms with van der Waals surface area (Å²) in [5.74, 6) is -0.720. The smallest absolute Gasteiger partial charge is 0.244 e. The molecule has 0 atom stereocenters. The summed E-state index contributed by atoms with van der Waals surface area (Å²) in [6.45, 7) is 0.525. The van der Waals surface area contributed by atoms with Crippen LogP contribution in [-0.2, 0) is 17.6 Å². The minimum atomic E-state index is -2.53. The molecule has 1 aliphatic heterocycles. The molecule has 1 saturated heterocycles. The fourth-order valence-corrected chi connectivity index (χ4v) is 4.32. The van der Waals surface area contributed by atoms with Crippen LogP contribution >= 0.6 is 0 Å². The second-order valence-electron chi connectivity index (χ2n) is 8.57. The number of rotatable bonds is 7. The van der Waals surface area contributed by atoms with E-state index in [0.29, 0.717) is 12.0 Å². The minimum absolute atomic E-state index is 0.0880. The van der Waals surface area contributed by atoms with Crippen LogP contribution in [0.4, 0.5) is 13.2 Å². The maximum Gasteiger partial charge on any atom is 0.244 e. The van der Waals surface area contributed by atoms with Crippen molar-refractivity contribution >= 4 is 5.91 Å². The molecule has 0 spiro atoms. The van der Waals surface area contributed by atoms with Crippen molar-refractivity contribution in [2.75, 3.05) is 13.1 Å². The Morgan fingerprint density at radius 3 is 2.44 bits per heavy atom. The van der Waals surface area contributed by atoms with Gasteiger partial charge in [0.1, 0.15) is 18.2 Å². The van der Waals surface area contributed by atoms with E-state index in [1.165, 1.54) is 29.2 Å². The summed E-state index contributed by atoms with van der Waals surface area (Å²) in [4.78, 5) is 14.4. The lowest BCUT2D eigenvalue weighted by atomic mass is 9.74. The highest BCUT2D eigenvalue weighted by Crippen LogP contribution is 2.42. The number of alkyl halides is 2. The van der Waals surface area contributed by atoms with Gasteiger partial charge in [0.25, 0.3) is 0 Å². The molecule has 2 heterocycles. The third kappa shape index (κ3) is 5.09. The normalized spacial score (nSPS) is 15.3. The number of halogens is 3. The van der Waals surface area contributed by atoms with Crippen LogP contribution in [0.3, 0.4) is 0 Å². The van der Waals surface area contributed by atoms with Crippen LogP contribution < -0.4 is 0 Å². The van der Waals surface area contributed by atoms with E-state index in [-0.39, 0.29) is 50.2 Å². The van der Waals surface area contributed by atoms with E-state index in [9.17, 15) is 18.0 Å². The number of nitriles is 1. The zero-order valence-electron chi connectivity index (χ0n) is 18.4. The molecule has 0 bridgehead atoms. The summed E-state index contributed by atoms with van der Waals surface area (Å²) in [6, 6.07) is 13.2. The van der Waals surface area contributed by atoms with Crippen LogP contribution in [0.1, 0.15) is 36.0 Å². The highest BCUT2D eigenvalue weighted by Gasteiger charge is 2.43. The lowest BCUT2D eigenvalue weighted by molar-refractivity contribution is -0.135. The number of hydrogen-bond acceptors (Lipinski definition) is 5. The molecule has 1 amide bonds. The van der Waals surface area contributed by atoms with Crippen molar-refractivity contribution in [2.24, 2.45) is 5.41 Å². The van der Waals surface area contributed by atoms with Crippen LogP contribution in [0.25, 0.3) is 5.69 Å². The quantitative estimate of drug-likeness (QED) is 0.527. The zero-order chi connectivity index (χ0) is 24.1. The van der Waals surface area contributed by atoms with Gasteiger partial charge < -0.3 is 4.90 Å². The highest BCUT2D eigenvalue weighted by molar-refractivity contribution is 5.79. The molecule has 1 fully saturated rings. The standard InChI is InChI=1S/C24H23F3N6O/c25-21-6-3-18(13-19(21)15-28)7-8-24(23(26)27)9-11-32(12-10-24)22(34)14-17-1-4-20(5-2-17)33-16-29-30-31-33/h1-6,13,16,23H,7-12,14H2. The van der Waals surface area contributed by atoms with Crippen LogP contribution in [0.15, 0.2) is 48.8 Å². The summed E-state index contributed by atoms with van der Waals surface area (Å²) in [6.07, 6.45) is 0.0514. The van der Waals surface area contributed by atoms with Crippen molar-refractivity contribution in [3.05, 3.63) is 71.3 Å². The number of aryl methyl sites for hydroxylation is 1. The molecule has 0 radical (unpaired) electrons. The van der Waals surface area contributed by atoms with Gasteiger partial charge in [-0.3, -0.25) is 4.79 Å². The van der Waals surface area contributed by atoms with E-state index in [2.05, 4.69) is 15.5 Å². The Morgan fingerprint density at radius 1 is 1.12 bits per heavy atom. The van der Waals surface area contributed by atoms with Gasteiger partial charge in [-0.15, -0.1) is 5.10 Å². The van der Waals surface area contributed by atoms with Crippen molar-refractivity contribution in [3.63, 3.8) is 0 Å². The number of benzene rings is 2. The molecular formula is C24H23F3N6O. The predicted octanol–water partition coefficient (Wildman–Crippen LogP) is 3.72. The summed E-state index contributed by atoms with van der Waals surface area (Å²) in [5, 5.41) is 20.0. The topological polar surface area (TPSA) is 87.7 Å². The number of tetrazole rings is 1. The first kappa shape index (κ1) is 23.4. The van der Waals surface area contributed by atoms with Crippen LogP contribution in [0, 0.1) is 22.6 Å². The summed E-state index contributed by atoms with van der Waals surface area (Å²) < 4.78 is 43.2. The number of piperidine rings is 1. The highest BCUT2D eigenvalue weighted by atomic mass is 19.3. The monoisotopic (exact) mass is 468 g/mol. The lowest BCUT2D eigenvalue weighted by Gasteiger charge is -2.41. The molecule has 2 aromatic carbocycles. The van der Waals surface area contributed by atoms with Gasteiger partial charge in [-0.25, -0.2) is 17.9 Å². The number of aromatic nitrogens is 4. The van der Waals surface area contributed by atoms with E-state index in [4.69, 9.17) is 5.26 Å². The molecule has 7 nitrogen and oxygen atoms in total. The molecule has 1 aromatic heterocycles. The Bertz CT molecular complexity index is 1170. The molecule has 0 aliphatic carbocycles. The number of carbonyl (C=O) groups is 1. The number of likely N-dealkylation sites (tertiary alicyclic amines) is 1. The third-order valence-electron chi connectivity index (χ3n) is 6.54. The molecule has 0 saturated carbocycles. The van der Waals surface area contributed by atoms with Crippen LogP contribution in [0.2, 0.25) is 0 Å². The van der Waals surface area contributed by atoms with Gasteiger partial charge >= 0.3 is 0 Å². The second-order valence-corrected chi connectivity index (χ2v) is 8.57. The molecule has 10 heteroatoms. The average molecular weight is 468 g/mol. The predicted molar refractivity (Wildman–Crippen MR) is 117 cm³/mol. The Morgan fingerprint density at radius 2 is 1.82 bits per heavy atom. The molecule has 0 N–H and O–H groups in total. The Balaban J connectivity index is 1.34. The van der Waals surface area contributed by atoms with Gasteiger partial charge in [0.2, 0.25) is 12.3 Å². The lowest BCUT2D eigenvalue weighted by Crippen LogP contribution is -2.46. The second kappa shape index (κ2) is 10.0. The van der Waals surface area contributed by atoms with Gasteiger partial charge in [-0.2, -0.15) is 5.26 Å². The number of hydrogen-bond donors (Lipinski definition) is 0. The number of carbonyl (C=O) groups excluding carboxylic acids is 1. The first-order chi connectivity index (χ1) is 16.4. The van der Waals surface area contributed by atoms with Crippen LogP contribution in [0.5, 0.6) is 0 Å². The fourth-order valence-electron chi connectivity index (χ4n) is 4.32. The molecule has 34 heavy (non-hydrogen) atoms. The molecule has 1 aliphatic rings. The van der Waals surface area contributed by atoms with Crippen molar-refractivity contribution in [3.8, 4) is 11.8 Å². The molecular weight excluding hydrogens is 445 g/mol. The first-order valence-corrected chi connectivity index (χ1v) is 11.0. The van der Waals surface area contributed by atoms with Crippen molar-refractivity contribution in [2.45, 2.75) is 38.5 Å². The van der Waals surface area contributed by atoms with Gasteiger partial charge in [0, 0.05) is 18.5 Å². The SMILES string of the molecule is N#Cc1cc(CCC2(C(F)F)CCN(C(=O)Cc3ccc(-n4cnnn4)cc3)CC2)ccc1F. The third-order valence-corrected chi connectivity index (χ3v) is 6.54. The number of nitrogens with zero attached hydrogens (tertiary/aromatic N) is 6. The molecule has 3 aromatic rings. The van der Waals surface area contributed by atoms with Crippen LogP contribution in [-0.4, -0.2) is 50.5 Å². The Hall–Kier alpha value is -3.74.